The van der Waals surface area contributed by atoms with Crippen molar-refractivity contribution >= 4 is 23.3 Å². The van der Waals surface area contributed by atoms with Crippen LogP contribution in [0.1, 0.15) is 34.9 Å². The Bertz CT molecular complexity index is 1040. The summed E-state index contributed by atoms with van der Waals surface area (Å²) in [6, 6.07) is 13.1. The van der Waals surface area contributed by atoms with Gasteiger partial charge in [0, 0.05) is 45.5 Å². The third-order valence-corrected chi connectivity index (χ3v) is 6.26. The fourth-order valence-electron chi connectivity index (χ4n) is 4.49. The zero-order chi connectivity index (χ0) is 21.8. The number of hydrogen-bond acceptors (Lipinski definition) is 7. The van der Waals surface area contributed by atoms with Crippen molar-refractivity contribution in [1.82, 2.24) is 15.3 Å². The van der Waals surface area contributed by atoms with Crippen LogP contribution < -0.4 is 20.4 Å². The number of nitrogens with one attached hydrogen (secondary N) is 2. The number of anilines is 3. The lowest BCUT2D eigenvalue weighted by atomic mass is 9.90. The molecule has 2 saturated heterocycles. The predicted octanol–water partition coefficient (Wildman–Crippen LogP) is 3.12. The molecule has 2 aliphatic heterocycles. The van der Waals surface area contributed by atoms with Crippen molar-refractivity contribution in [3.05, 3.63) is 66.3 Å². The highest BCUT2D eigenvalue weighted by atomic mass is 16.4. The molecule has 0 radical (unpaired) electrons. The first-order valence-corrected chi connectivity index (χ1v) is 11.2. The number of carbonyl (C=O) groups excluding carboxylic acids is 1. The van der Waals surface area contributed by atoms with E-state index in [1.54, 1.807) is 12.4 Å². The lowest BCUT2D eigenvalue weighted by molar-refractivity contribution is 0.0997. The monoisotopic (exact) mass is 432 g/mol. The maximum Gasteiger partial charge on any atom is 0.297 e. The lowest BCUT2D eigenvalue weighted by Gasteiger charge is -2.31. The Balaban J connectivity index is 1.22. The van der Waals surface area contributed by atoms with E-state index in [1.165, 1.54) is 11.8 Å². The summed E-state index contributed by atoms with van der Waals surface area (Å²) in [6.45, 7) is 5.33. The van der Waals surface area contributed by atoms with Crippen LogP contribution in [0.5, 0.6) is 0 Å². The summed E-state index contributed by atoms with van der Waals surface area (Å²) < 4.78 is 5.84. The van der Waals surface area contributed by atoms with Crippen molar-refractivity contribution in [2.24, 2.45) is 0 Å². The van der Waals surface area contributed by atoms with Crippen molar-refractivity contribution in [1.29, 1.82) is 0 Å². The molecular formula is C24H28N6O2. The molecule has 166 valence electrons. The molecule has 2 fully saturated rings. The first-order chi connectivity index (χ1) is 15.8. The number of nitrogens with zero attached hydrogens (tertiary/aromatic N) is 4. The van der Waals surface area contributed by atoms with Crippen molar-refractivity contribution < 1.29 is 9.21 Å². The van der Waals surface area contributed by atoms with Crippen LogP contribution in [0.2, 0.25) is 0 Å². The average molecular weight is 433 g/mol. The molecule has 0 spiro atoms. The Kier molecular flexibility index (Phi) is 6.02. The molecule has 2 aliphatic rings. The van der Waals surface area contributed by atoms with Crippen LogP contribution in [-0.4, -0.2) is 55.1 Å². The first kappa shape index (κ1) is 20.5. The molecule has 8 nitrogen and oxygen atoms in total. The molecule has 2 N–H and O–H groups in total. The highest BCUT2D eigenvalue weighted by Gasteiger charge is 2.25. The number of hydrogen-bond donors (Lipinski definition) is 2. The van der Waals surface area contributed by atoms with Gasteiger partial charge in [-0.1, -0.05) is 30.3 Å². The second-order valence-corrected chi connectivity index (χ2v) is 8.26. The maximum absolute atomic E-state index is 12.9. The fourth-order valence-corrected chi connectivity index (χ4v) is 4.49. The molecule has 5 rings (SSSR count). The second-order valence-electron chi connectivity index (χ2n) is 8.26. The zero-order valence-corrected chi connectivity index (χ0v) is 18.0. The number of piperidine rings is 1. The minimum Gasteiger partial charge on any atom is -0.418 e. The minimum absolute atomic E-state index is 0.209. The molecule has 0 atom stereocenters. The van der Waals surface area contributed by atoms with Gasteiger partial charge in [0.1, 0.15) is 0 Å². The Hall–Kier alpha value is -3.39. The average Bonchev–Trinajstić information content (AvgIpc) is 3.36. The smallest absolute Gasteiger partial charge is 0.297 e. The number of benzene rings is 1. The Morgan fingerprint density at radius 2 is 1.78 bits per heavy atom. The summed E-state index contributed by atoms with van der Waals surface area (Å²) in [5, 5.41) is 6.30. The molecule has 0 saturated carbocycles. The van der Waals surface area contributed by atoms with Crippen LogP contribution in [0, 0.1) is 0 Å². The molecule has 4 heterocycles. The van der Waals surface area contributed by atoms with Gasteiger partial charge in [0.05, 0.1) is 23.8 Å². The van der Waals surface area contributed by atoms with Crippen LogP contribution in [0.25, 0.3) is 0 Å². The highest BCUT2D eigenvalue weighted by Crippen LogP contribution is 2.30. The number of rotatable bonds is 5. The number of carbonyl (C=O) groups is 1. The van der Waals surface area contributed by atoms with Crippen molar-refractivity contribution in [3.8, 4) is 0 Å². The number of oxazole rings is 1. The van der Waals surface area contributed by atoms with Gasteiger partial charge in [0.2, 0.25) is 5.76 Å². The van der Waals surface area contributed by atoms with Gasteiger partial charge in [-0.3, -0.25) is 9.78 Å². The number of piperazine rings is 1. The lowest BCUT2D eigenvalue weighted by Crippen LogP contribution is -2.43. The summed E-state index contributed by atoms with van der Waals surface area (Å²) >= 11 is 0. The van der Waals surface area contributed by atoms with Gasteiger partial charge < -0.3 is 24.9 Å². The number of pyridine rings is 1. The molecule has 0 unspecified atom stereocenters. The molecule has 1 aromatic carbocycles. The summed E-state index contributed by atoms with van der Waals surface area (Å²) in [4.78, 5) is 25.8. The third-order valence-electron chi connectivity index (χ3n) is 6.26. The summed E-state index contributed by atoms with van der Waals surface area (Å²) in [5.41, 5.74) is 3.04. The normalized spacial score (nSPS) is 17.4. The molecule has 3 aromatic rings. The Morgan fingerprint density at radius 3 is 2.56 bits per heavy atom. The molecule has 8 heteroatoms. The molecule has 0 bridgehead atoms. The van der Waals surface area contributed by atoms with E-state index in [4.69, 9.17) is 4.42 Å². The summed E-state index contributed by atoms with van der Waals surface area (Å²) in [5.74, 6) is 0.451. The van der Waals surface area contributed by atoms with Crippen molar-refractivity contribution in [2.75, 3.05) is 54.4 Å². The SMILES string of the molecule is O=C(Nc1cnccc1N1CCNCC1)c1cnc(N2CCC(c3ccccc3)CC2)o1. The van der Waals surface area contributed by atoms with Gasteiger partial charge in [0.15, 0.2) is 0 Å². The van der Waals surface area contributed by atoms with Crippen LogP contribution in [0.3, 0.4) is 0 Å². The Morgan fingerprint density at radius 1 is 1.00 bits per heavy atom. The zero-order valence-electron chi connectivity index (χ0n) is 18.0. The summed E-state index contributed by atoms with van der Waals surface area (Å²) in [6.07, 6.45) is 7.02. The van der Waals surface area contributed by atoms with E-state index in [0.717, 1.165) is 57.8 Å². The van der Waals surface area contributed by atoms with Gasteiger partial charge in [0.25, 0.3) is 11.9 Å². The topological polar surface area (TPSA) is 86.5 Å². The largest absolute Gasteiger partial charge is 0.418 e. The van der Waals surface area contributed by atoms with Crippen LogP contribution >= 0.6 is 0 Å². The van der Waals surface area contributed by atoms with Crippen LogP contribution in [0.15, 0.2) is 59.4 Å². The molecule has 0 aliphatic carbocycles. The number of aromatic nitrogens is 2. The van der Waals surface area contributed by atoms with Gasteiger partial charge in [-0.25, -0.2) is 4.98 Å². The second kappa shape index (κ2) is 9.40. The van der Waals surface area contributed by atoms with E-state index in [-0.39, 0.29) is 11.7 Å². The fraction of sp³-hybridized carbons (Fsp3) is 0.375. The predicted molar refractivity (Wildman–Crippen MR) is 124 cm³/mol. The van der Waals surface area contributed by atoms with Gasteiger partial charge in [-0.05, 0) is 30.4 Å². The molecular weight excluding hydrogens is 404 g/mol. The van der Waals surface area contributed by atoms with E-state index in [1.807, 2.05) is 6.07 Å². The molecule has 32 heavy (non-hydrogen) atoms. The Labute approximate surface area is 187 Å². The molecule has 1 amide bonds. The first-order valence-electron chi connectivity index (χ1n) is 11.2. The number of amides is 1. The van der Waals surface area contributed by atoms with Crippen molar-refractivity contribution in [2.45, 2.75) is 18.8 Å². The highest BCUT2D eigenvalue weighted by molar-refractivity contribution is 6.04. The quantitative estimate of drug-likeness (QED) is 0.641. The van der Waals surface area contributed by atoms with Crippen molar-refractivity contribution in [3.63, 3.8) is 0 Å². The maximum atomic E-state index is 12.9. The van der Waals surface area contributed by atoms with Gasteiger partial charge in [-0.2, -0.15) is 0 Å². The van der Waals surface area contributed by atoms with E-state index < -0.39 is 0 Å². The van der Waals surface area contributed by atoms with Crippen LogP contribution in [0.4, 0.5) is 17.4 Å². The van der Waals surface area contributed by atoms with E-state index in [9.17, 15) is 4.79 Å². The van der Waals surface area contributed by atoms with E-state index in [2.05, 4.69) is 60.7 Å². The van der Waals surface area contributed by atoms with E-state index in [0.29, 0.717) is 17.6 Å². The van der Waals surface area contributed by atoms with Crippen LogP contribution in [-0.2, 0) is 0 Å². The van der Waals surface area contributed by atoms with Gasteiger partial charge in [-0.15, -0.1) is 0 Å². The standard InChI is InChI=1S/C24H28N6O2/c31-23(28-20-16-26-9-6-21(20)29-14-10-25-11-15-29)22-17-27-24(32-22)30-12-7-19(8-13-30)18-4-2-1-3-5-18/h1-6,9,16-17,19,25H,7-8,10-15H2,(H,28,31). The van der Waals surface area contributed by atoms with E-state index >= 15 is 0 Å². The molecule has 2 aromatic heterocycles. The van der Waals surface area contributed by atoms with Gasteiger partial charge >= 0.3 is 0 Å². The minimum atomic E-state index is -0.313. The summed E-state index contributed by atoms with van der Waals surface area (Å²) in [7, 11) is 0. The third kappa shape index (κ3) is 4.45.